The predicted molar refractivity (Wildman–Crippen MR) is 70.7 cm³/mol. The number of aromatic amines is 1. The van der Waals surface area contributed by atoms with Crippen molar-refractivity contribution in [2.45, 2.75) is 6.54 Å². The zero-order valence-electron chi connectivity index (χ0n) is 9.33. The van der Waals surface area contributed by atoms with E-state index in [1.807, 2.05) is 36.9 Å². The van der Waals surface area contributed by atoms with Gasteiger partial charge in [0, 0.05) is 13.1 Å². The lowest BCUT2D eigenvalue weighted by Crippen LogP contribution is -2.18. The van der Waals surface area contributed by atoms with Crippen molar-refractivity contribution in [2.24, 2.45) is 0 Å². The first-order chi connectivity index (χ1) is 7.59. The van der Waals surface area contributed by atoms with Crippen LogP contribution in [-0.2, 0) is 6.54 Å². The van der Waals surface area contributed by atoms with Gasteiger partial charge in [0.05, 0.1) is 16.1 Å². The Morgan fingerprint density at radius 2 is 2.19 bits per heavy atom. The summed E-state index contributed by atoms with van der Waals surface area (Å²) in [7, 11) is 4.08. The van der Waals surface area contributed by atoms with Crippen molar-refractivity contribution in [3.05, 3.63) is 28.0 Å². The molecule has 5 heteroatoms. The van der Waals surface area contributed by atoms with Crippen molar-refractivity contribution in [3.63, 3.8) is 0 Å². The number of para-hydroxylation sites is 1. The molecule has 0 spiro atoms. The Balaban J connectivity index is 2.51. The Labute approximate surface area is 105 Å². The van der Waals surface area contributed by atoms with Crippen LogP contribution >= 0.6 is 23.8 Å². The maximum absolute atomic E-state index is 6.19. The number of halogens is 1. The molecule has 2 aromatic rings. The number of likely N-dealkylation sites (N-methyl/N-ethyl adjacent to an activating group) is 1. The monoisotopic (exact) mass is 255 g/mol. The largest absolute Gasteiger partial charge is 0.331 e. The molecule has 0 aliphatic heterocycles. The molecule has 1 N–H and O–H groups in total. The van der Waals surface area contributed by atoms with E-state index in [1.54, 1.807) is 0 Å². The minimum Gasteiger partial charge on any atom is -0.331 e. The van der Waals surface area contributed by atoms with E-state index in [0.717, 1.165) is 33.9 Å². The van der Waals surface area contributed by atoms with Crippen LogP contribution in [0.15, 0.2) is 18.2 Å². The third kappa shape index (κ3) is 2.14. The highest BCUT2D eigenvalue weighted by Gasteiger charge is 2.07. The van der Waals surface area contributed by atoms with E-state index in [4.69, 9.17) is 23.8 Å². The molecule has 0 radical (unpaired) electrons. The summed E-state index contributed by atoms with van der Waals surface area (Å²) in [5.74, 6) is 0. The van der Waals surface area contributed by atoms with Crippen LogP contribution in [0.2, 0.25) is 5.02 Å². The van der Waals surface area contributed by atoms with Gasteiger partial charge in [0.2, 0.25) is 0 Å². The summed E-state index contributed by atoms with van der Waals surface area (Å²) in [6, 6.07) is 5.80. The molecule has 0 unspecified atom stereocenters. The summed E-state index contributed by atoms with van der Waals surface area (Å²) in [5, 5.41) is 0.739. The summed E-state index contributed by atoms with van der Waals surface area (Å²) in [4.78, 5) is 5.29. The Morgan fingerprint density at radius 3 is 2.88 bits per heavy atom. The quantitative estimate of drug-likeness (QED) is 0.853. The molecule has 86 valence electrons. The van der Waals surface area contributed by atoms with Gasteiger partial charge >= 0.3 is 0 Å². The number of imidazole rings is 1. The van der Waals surface area contributed by atoms with E-state index in [0.29, 0.717) is 0 Å². The Morgan fingerprint density at radius 1 is 1.44 bits per heavy atom. The van der Waals surface area contributed by atoms with Crippen molar-refractivity contribution in [3.8, 4) is 0 Å². The minimum atomic E-state index is 0.727. The maximum Gasteiger partial charge on any atom is 0.178 e. The molecule has 1 heterocycles. The normalized spacial score (nSPS) is 11.5. The van der Waals surface area contributed by atoms with Gasteiger partial charge in [-0.15, -0.1) is 0 Å². The first-order valence-electron chi connectivity index (χ1n) is 5.11. The molecule has 0 atom stereocenters. The SMILES string of the molecule is CN(C)CCn1c(=S)[nH]c2cccc(Cl)c21. The van der Waals surface area contributed by atoms with Crippen LogP contribution in [0, 0.1) is 4.77 Å². The van der Waals surface area contributed by atoms with Crippen LogP contribution in [-0.4, -0.2) is 35.1 Å². The molecular weight excluding hydrogens is 242 g/mol. The maximum atomic E-state index is 6.19. The molecule has 0 fully saturated rings. The van der Waals surface area contributed by atoms with Crippen LogP contribution in [0.3, 0.4) is 0 Å². The Hall–Kier alpha value is -0.840. The van der Waals surface area contributed by atoms with Crippen LogP contribution in [0.25, 0.3) is 11.0 Å². The third-order valence-corrected chi connectivity index (χ3v) is 3.14. The Kier molecular flexibility index (Phi) is 3.33. The van der Waals surface area contributed by atoms with Crippen LogP contribution in [0.1, 0.15) is 0 Å². The summed E-state index contributed by atoms with van der Waals surface area (Å²) >= 11 is 11.5. The number of rotatable bonds is 3. The predicted octanol–water partition coefficient (Wildman–Crippen LogP) is 2.91. The van der Waals surface area contributed by atoms with Gasteiger partial charge in [0.15, 0.2) is 4.77 Å². The van der Waals surface area contributed by atoms with E-state index < -0.39 is 0 Å². The third-order valence-electron chi connectivity index (χ3n) is 2.51. The van der Waals surface area contributed by atoms with Gasteiger partial charge in [-0.2, -0.15) is 0 Å². The van der Waals surface area contributed by atoms with Gasteiger partial charge in [0.1, 0.15) is 0 Å². The summed E-state index contributed by atoms with van der Waals surface area (Å²) < 4.78 is 2.78. The van der Waals surface area contributed by atoms with Crippen LogP contribution in [0.5, 0.6) is 0 Å². The van der Waals surface area contributed by atoms with Gasteiger partial charge in [-0.25, -0.2) is 0 Å². The standard InChI is InChI=1S/C11H14ClN3S/c1-14(2)6-7-15-10-8(12)4-3-5-9(10)13-11(15)16/h3-5H,6-7H2,1-2H3,(H,13,16). The van der Waals surface area contributed by atoms with Crippen molar-refractivity contribution in [1.29, 1.82) is 0 Å². The second-order valence-electron chi connectivity index (χ2n) is 4.02. The van der Waals surface area contributed by atoms with Gasteiger partial charge in [-0.3, -0.25) is 0 Å². The highest BCUT2D eigenvalue weighted by molar-refractivity contribution is 7.71. The molecular formula is C11H14ClN3S. The van der Waals surface area contributed by atoms with Gasteiger partial charge in [0.25, 0.3) is 0 Å². The molecule has 1 aromatic heterocycles. The van der Waals surface area contributed by atoms with Crippen molar-refractivity contribution in [1.82, 2.24) is 14.5 Å². The summed E-state index contributed by atoms with van der Waals surface area (Å²) in [6.45, 7) is 1.78. The fraction of sp³-hybridized carbons (Fsp3) is 0.364. The first-order valence-corrected chi connectivity index (χ1v) is 5.90. The molecule has 0 saturated heterocycles. The molecule has 3 nitrogen and oxygen atoms in total. The number of benzene rings is 1. The number of hydrogen-bond acceptors (Lipinski definition) is 2. The zero-order chi connectivity index (χ0) is 11.7. The van der Waals surface area contributed by atoms with Crippen molar-refractivity contribution in [2.75, 3.05) is 20.6 Å². The van der Waals surface area contributed by atoms with Gasteiger partial charge in [-0.05, 0) is 38.4 Å². The molecule has 16 heavy (non-hydrogen) atoms. The second kappa shape index (κ2) is 4.57. The number of nitrogens with one attached hydrogen (secondary N) is 1. The average Bonchev–Trinajstić information content (AvgIpc) is 2.52. The van der Waals surface area contributed by atoms with Gasteiger partial charge in [-0.1, -0.05) is 17.7 Å². The van der Waals surface area contributed by atoms with E-state index in [1.165, 1.54) is 0 Å². The van der Waals surface area contributed by atoms with Crippen LogP contribution < -0.4 is 0 Å². The van der Waals surface area contributed by atoms with Crippen LogP contribution in [0.4, 0.5) is 0 Å². The number of nitrogens with zero attached hydrogens (tertiary/aromatic N) is 2. The average molecular weight is 256 g/mol. The lowest BCUT2D eigenvalue weighted by atomic mass is 10.3. The van der Waals surface area contributed by atoms with Crippen molar-refractivity contribution >= 4 is 34.9 Å². The minimum absolute atomic E-state index is 0.727. The van der Waals surface area contributed by atoms with E-state index in [2.05, 4.69) is 9.88 Å². The topological polar surface area (TPSA) is 24.0 Å². The van der Waals surface area contributed by atoms with E-state index >= 15 is 0 Å². The first kappa shape index (κ1) is 11.6. The molecule has 0 saturated carbocycles. The lowest BCUT2D eigenvalue weighted by molar-refractivity contribution is 0.385. The number of H-pyrrole nitrogens is 1. The summed E-state index contributed by atoms with van der Waals surface area (Å²) in [5.41, 5.74) is 1.99. The fourth-order valence-corrected chi connectivity index (χ4v) is 2.26. The smallest absolute Gasteiger partial charge is 0.178 e. The zero-order valence-corrected chi connectivity index (χ0v) is 10.9. The van der Waals surface area contributed by atoms with E-state index in [-0.39, 0.29) is 0 Å². The number of hydrogen-bond donors (Lipinski definition) is 1. The van der Waals surface area contributed by atoms with Crippen molar-refractivity contribution < 1.29 is 0 Å². The highest BCUT2D eigenvalue weighted by Crippen LogP contribution is 2.23. The molecule has 0 aliphatic carbocycles. The summed E-state index contributed by atoms with van der Waals surface area (Å²) in [6.07, 6.45) is 0. The molecule has 0 bridgehead atoms. The Bertz CT molecular complexity index is 556. The number of fused-ring (bicyclic) bond motifs is 1. The fourth-order valence-electron chi connectivity index (χ4n) is 1.69. The molecule has 1 aromatic carbocycles. The second-order valence-corrected chi connectivity index (χ2v) is 4.81. The molecule has 0 aliphatic rings. The molecule has 0 amide bonds. The molecule has 2 rings (SSSR count). The van der Waals surface area contributed by atoms with E-state index in [9.17, 15) is 0 Å². The van der Waals surface area contributed by atoms with Gasteiger partial charge < -0.3 is 14.5 Å². The number of aromatic nitrogens is 2. The highest BCUT2D eigenvalue weighted by atomic mass is 35.5. The lowest BCUT2D eigenvalue weighted by Gasteiger charge is -2.11.